The molecule has 0 saturated carbocycles. The minimum atomic E-state index is -0.262. The van der Waals surface area contributed by atoms with Gasteiger partial charge in [0.2, 0.25) is 0 Å². The predicted octanol–water partition coefficient (Wildman–Crippen LogP) is 1.31. The van der Waals surface area contributed by atoms with Crippen molar-refractivity contribution in [2.24, 2.45) is 5.84 Å². The van der Waals surface area contributed by atoms with Gasteiger partial charge in [0.1, 0.15) is 0 Å². The molecule has 4 N–H and O–H groups in total. The van der Waals surface area contributed by atoms with E-state index in [1.54, 1.807) is 0 Å². The molecule has 0 aliphatic carbocycles. The highest BCUT2D eigenvalue weighted by molar-refractivity contribution is 5.93. The minimum absolute atomic E-state index is 0.262. The summed E-state index contributed by atoms with van der Waals surface area (Å²) in [7, 11) is 0. The molecule has 1 aliphatic heterocycles. The number of hydrogen-bond acceptors (Lipinski definition) is 4. The molecule has 1 aliphatic rings. The Morgan fingerprint density at radius 2 is 1.91 bits per heavy atom. The number of hydrazine groups is 1. The van der Waals surface area contributed by atoms with Crippen LogP contribution in [0.5, 0.6) is 0 Å². The fraction of sp³-hybridized carbons (Fsp3) is 0.278. The van der Waals surface area contributed by atoms with Crippen LogP contribution >= 0.6 is 0 Å². The molecule has 2 aromatic rings. The maximum absolute atomic E-state index is 11.5. The Hall–Kier alpha value is -2.37. The number of nitrogen functional groups attached to an aromatic ring is 1. The van der Waals surface area contributed by atoms with E-state index in [9.17, 15) is 4.79 Å². The second kappa shape index (κ2) is 7.26. The van der Waals surface area contributed by atoms with Crippen molar-refractivity contribution < 1.29 is 4.79 Å². The third-order valence-corrected chi connectivity index (χ3v) is 4.26. The summed E-state index contributed by atoms with van der Waals surface area (Å²) in [5.41, 5.74) is 5.21. The summed E-state index contributed by atoms with van der Waals surface area (Å²) in [6.07, 6.45) is 0.937. The zero-order valence-electron chi connectivity index (χ0n) is 13.0. The Morgan fingerprint density at radius 3 is 2.61 bits per heavy atom. The Bertz CT molecular complexity index is 642. The highest BCUT2D eigenvalue weighted by Crippen LogP contribution is 2.20. The summed E-state index contributed by atoms with van der Waals surface area (Å²) in [5, 5.41) is 3.47. The second-order valence-electron chi connectivity index (χ2n) is 5.76. The number of hydrogen-bond donors (Lipinski definition) is 3. The van der Waals surface area contributed by atoms with Crippen LogP contribution in [0.3, 0.4) is 0 Å². The van der Waals surface area contributed by atoms with Gasteiger partial charge in [0.15, 0.2) is 0 Å². The molecular weight excluding hydrogens is 288 g/mol. The number of carbonyl (C=O) groups is 1. The molecule has 1 atom stereocenters. The average molecular weight is 310 g/mol. The number of carbonyl (C=O) groups excluding carboxylic acids is 1. The molecule has 1 heterocycles. The van der Waals surface area contributed by atoms with Crippen molar-refractivity contribution in [2.75, 3.05) is 24.5 Å². The number of amides is 1. The normalized spacial score (nSPS) is 17.8. The number of para-hydroxylation sites is 1. The molecule has 0 bridgehead atoms. The standard InChI is InChI=1S/C18H22N4O/c19-21-18(23)15-8-6-14(7-9-15)12-17-13-20-10-11-22(17)16-4-2-1-3-5-16/h1-9,17,20H,10-13,19H2,(H,21,23). The molecule has 2 aromatic carbocycles. The molecule has 120 valence electrons. The summed E-state index contributed by atoms with van der Waals surface area (Å²) >= 11 is 0. The number of nitrogens with zero attached hydrogens (tertiary/aromatic N) is 1. The first-order chi connectivity index (χ1) is 11.3. The maximum atomic E-state index is 11.5. The Kier molecular flexibility index (Phi) is 4.90. The van der Waals surface area contributed by atoms with Crippen molar-refractivity contribution in [2.45, 2.75) is 12.5 Å². The lowest BCUT2D eigenvalue weighted by Gasteiger charge is -2.38. The molecule has 1 amide bonds. The average Bonchev–Trinajstić information content (AvgIpc) is 2.63. The number of anilines is 1. The quantitative estimate of drug-likeness (QED) is 0.452. The van der Waals surface area contributed by atoms with E-state index < -0.39 is 0 Å². The van der Waals surface area contributed by atoms with Crippen LogP contribution in [-0.4, -0.2) is 31.6 Å². The van der Waals surface area contributed by atoms with E-state index in [2.05, 4.69) is 39.9 Å². The Morgan fingerprint density at radius 1 is 1.17 bits per heavy atom. The first-order valence-corrected chi connectivity index (χ1v) is 7.90. The third kappa shape index (κ3) is 3.70. The van der Waals surface area contributed by atoms with Gasteiger partial charge in [-0.15, -0.1) is 0 Å². The fourth-order valence-electron chi connectivity index (χ4n) is 3.05. The van der Waals surface area contributed by atoms with Crippen LogP contribution < -0.4 is 21.5 Å². The molecule has 3 rings (SSSR count). The topological polar surface area (TPSA) is 70.4 Å². The van der Waals surface area contributed by atoms with Crippen molar-refractivity contribution in [3.63, 3.8) is 0 Å². The summed E-state index contributed by atoms with van der Waals surface area (Å²) in [5.74, 6) is 4.90. The smallest absolute Gasteiger partial charge is 0.265 e. The first-order valence-electron chi connectivity index (χ1n) is 7.90. The van der Waals surface area contributed by atoms with E-state index in [4.69, 9.17) is 5.84 Å². The second-order valence-corrected chi connectivity index (χ2v) is 5.76. The molecule has 5 heteroatoms. The van der Waals surface area contributed by atoms with Gasteiger partial charge in [-0.3, -0.25) is 10.2 Å². The highest BCUT2D eigenvalue weighted by atomic mass is 16.2. The van der Waals surface area contributed by atoms with Gasteiger partial charge < -0.3 is 10.2 Å². The fourth-order valence-corrected chi connectivity index (χ4v) is 3.05. The van der Waals surface area contributed by atoms with Crippen LogP contribution in [0.15, 0.2) is 54.6 Å². The van der Waals surface area contributed by atoms with Crippen LogP contribution in [0.25, 0.3) is 0 Å². The van der Waals surface area contributed by atoms with Gasteiger partial charge >= 0.3 is 0 Å². The third-order valence-electron chi connectivity index (χ3n) is 4.26. The minimum Gasteiger partial charge on any atom is -0.366 e. The number of nitrogens with two attached hydrogens (primary N) is 1. The van der Waals surface area contributed by atoms with Gasteiger partial charge in [-0.1, -0.05) is 30.3 Å². The lowest BCUT2D eigenvalue weighted by atomic mass is 10.0. The van der Waals surface area contributed by atoms with Gasteiger partial charge in [0, 0.05) is 36.9 Å². The molecule has 0 radical (unpaired) electrons. The summed E-state index contributed by atoms with van der Waals surface area (Å²) in [6, 6.07) is 18.6. The number of piperazine rings is 1. The largest absolute Gasteiger partial charge is 0.366 e. The number of nitrogens with one attached hydrogen (secondary N) is 2. The van der Waals surface area contributed by atoms with Crippen LogP contribution in [0.4, 0.5) is 5.69 Å². The predicted molar refractivity (Wildman–Crippen MR) is 92.2 cm³/mol. The molecule has 1 unspecified atom stereocenters. The molecule has 23 heavy (non-hydrogen) atoms. The SMILES string of the molecule is NNC(=O)c1ccc(CC2CNCCN2c2ccccc2)cc1. The van der Waals surface area contributed by atoms with Gasteiger partial charge in [-0.2, -0.15) is 0 Å². The molecule has 5 nitrogen and oxygen atoms in total. The van der Waals surface area contributed by atoms with Crippen molar-refractivity contribution in [1.29, 1.82) is 0 Å². The summed E-state index contributed by atoms with van der Waals surface area (Å²) < 4.78 is 0. The maximum Gasteiger partial charge on any atom is 0.265 e. The van der Waals surface area contributed by atoms with Gasteiger partial charge in [-0.05, 0) is 36.2 Å². The van der Waals surface area contributed by atoms with Crippen molar-refractivity contribution in [1.82, 2.24) is 10.7 Å². The van der Waals surface area contributed by atoms with Gasteiger partial charge in [0.05, 0.1) is 0 Å². The zero-order valence-corrected chi connectivity index (χ0v) is 13.0. The molecule has 1 saturated heterocycles. The van der Waals surface area contributed by atoms with E-state index in [1.807, 2.05) is 30.3 Å². The van der Waals surface area contributed by atoms with E-state index >= 15 is 0 Å². The summed E-state index contributed by atoms with van der Waals surface area (Å²) in [6.45, 7) is 2.96. The van der Waals surface area contributed by atoms with Crippen molar-refractivity contribution in [3.05, 3.63) is 65.7 Å². The van der Waals surface area contributed by atoms with Crippen molar-refractivity contribution in [3.8, 4) is 0 Å². The number of benzene rings is 2. The molecule has 0 spiro atoms. The molecule has 1 fully saturated rings. The number of rotatable bonds is 4. The lowest BCUT2D eigenvalue weighted by molar-refractivity contribution is 0.0953. The lowest BCUT2D eigenvalue weighted by Crippen LogP contribution is -2.52. The monoisotopic (exact) mass is 310 g/mol. The molecule has 0 aromatic heterocycles. The van der Waals surface area contributed by atoms with E-state index in [0.717, 1.165) is 26.1 Å². The van der Waals surface area contributed by atoms with E-state index in [-0.39, 0.29) is 5.91 Å². The van der Waals surface area contributed by atoms with E-state index in [0.29, 0.717) is 11.6 Å². The van der Waals surface area contributed by atoms with Gasteiger partial charge in [0.25, 0.3) is 5.91 Å². The Balaban J connectivity index is 1.73. The van der Waals surface area contributed by atoms with Crippen LogP contribution in [0.2, 0.25) is 0 Å². The zero-order chi connectivity index (χ0) is 16.1. The van der Waals surface area contributed by atoms with Gasteiger partial charge in [-0.25, -0.2) is 5.84 Å². The van der Waals surface area contributed by atoms with Crippen LogP contribution in [0.1, 0.15) is 15.9 Å². The van der Waals surface area contributed by atoms with Crippen LogP contribution in [0, 0.1) is 0 Å². The van der Waals surface area contributed by atoms with Crippen molar-refractivity contribution >= 4 is 11.6 Å². The Labute approximate surface area is 136 Å². The highest BCUT2D eigenvalue weighted by Gasteiger charge is 2.22. The van der Waals surface area contributed by atoms with E-state index in [1.165, 1.54) is 11.3 Å². The van der Waals surface area contributed by atoms with Crippen LogP contribution in [-0.2, 0) is 6.42 Å². The summed E-state index contributed by atoms with van der Waals surface area (Å²) in [4.78, 5) is 14.0. The first kappa shape index (κ1) is 15.5. The molecular formula is C18H22N4O.